The average Bonchev–Trinajstić information content (AvgIpc) is 2.60. The van der Waals surface area contributed by atoms with E-state index in [1.165, 1.54) is 19.1 Å². The first-order valence-corrected chi connectivity index (χ1v) is 10.3. The molecule has 0 heterocycles. The number of hydrogen-bond acceptors (Lipinski definition) is 6. The van der Waals surface area contributed by atoms with E-state index >= 15 is 0 Å². The van der Waals surface area contributed by atoms with Gasteiger partial charge in [-0.25, -0.2) is 4.79 Å². The first kappa shape index (κ1) is 26.8. The number of aryl methyl sites for hydroxylation is 1. The number of amides is 3. The van der Waals surface area contributed by atoms with Crippen LogP contribution in [0.5, 0.6) is 5.75 Å². The molecule has 1 aromatic carbocycles. The van der Waals surface area contributed by atoms with E-state index in [2.05, 4.69) is 10.6 Å². The summed E-state index contributed by atoms with van der Waals surface area (Å²) >= 11 is 0. The fourth-order valence-electron chi connectivity index (χ4n) is 2.93. The molecular formula is C23H34N4O5. The SMILES string of the molecule is Cc1cc(C(C(=O)NC(C)(C)C)N(CC#N)C(=O)C(C)NC(=O)OC(C)(C)C)ccc1O. The van der Waals surface area contributed by atoms with Gasteiger partial charge in [-0.3, -0.25) is 9.59 Å². The maximum atomic E-state index is 13.2. The zero-order chi connectivity index (χ0) is 24.9. The maximum absolute atomic E-state index is 13.2. The topological polar surface area (TPSA) is 132 Å². The van der Waals surface area contributed by atoms with Crippen LogP contribution in [-0.4, -0.2) is 51.6 Å². The summed E-state index contributed by atoms with van der Waals surface area (Å²) in [5.41, 5.74) is -0.406. The van der Waals surface area contributed by atoms with Crippen molar-refractivity contribution in [1.82, 2.24) is 15.5 Å². The number of nitrogens with zero attached hydrogens (tertiary/aromatic N) is 2. The highest BCUT2D eigenvalue weighted by molar-refractivity contribution is 5.92. The van der Waals surface area contributed by atoms with E-state index in [9.17, 15) is 24.8 Å². The number of nitriles is 1. The third-order valence-electron chi connectivity index (χ3n) is 4.22. The molecule has 1 rings (SSSR count). The molecular weight excluding hydrogens is 412 g/mol. The summed E-state index contributed by atoms with van der Waals surface area (Å²) in [6, 6.07) is 4.26. The summed E-state index contributed by atoms with van der Waals surface area (Å²) in [6.45, 7) is 13.2. The van der Waals surface area contributed by atoms with Crippen molar-refractivity contribution in [1.29, 1.82) is 5.26 Å². The molecule has 0 spiro atoms. The van der Waals surface area contributed by atoms with Gasteiger partial charge in [-0.1, -0.05) is 6.07 Å². The normalized spacial score (nSPS) is 13.3. The van der Waals surface area contributed by atoms with Crippen molar-refractivity contribution in [2.45, 2.75) is 78.6 Å². The molecule has 0 fully saturated rings. The first-order chi connectivity index (χ1) is 14.6. The van der Waals surface area contributed by atoms with Crippen molar-refractivity contribution >= 4 is 17.9 Å². The van der Waals surface area contributed by atoms with Crippen molar-refractivity contribution in [3.63, 3.8) is 0 Å². The van der Waals surface area contributed by atoms with Crippen molar-refractivity contribution in [2.24, 2.45) is 0 Å². The number of hydrogen-bond donors (Lipinski definition) is 3. The summed E-state index contributed by atoms with van der Waals surface area (Å²) in [5, 5.41) is 24.6. The highest BCUT2D eigenvalue weighted by Gasteiger charge is 2.36. The number of aromatic hydroxyl groups is 1. The van der Waals surface area contributed by atoms with E-state index in [0.29, 0.717) is 11.1 Å². The molecule has 0 aliphatic heterocycles. The van der Waals surface area contributed by atoms with Crippen LogP contribution in [0.3, 0.4) is 0 Å². The maximum Gasteiger partial charge on any atom is 0.408 e. The number of rotatable bonds is 6. The Morgan fingerprint density at radius 1 is 1.19 bits per heavy atom. The third kappa shape index (κ3) is 8.10. The summed E-state index contributed by atoms with van der Waals surface area (Å²) < 4.78 is 5.19. The number of phenolic OH excluding ortho intramolecular Hbond substituents is 1. The molecule has 0 saturated carbocycles. The lowest BCUT2D eigenvalue weighted by Crippen LogP contribution is -2.54. The minimum atomic E-state index is -1.15. The van der Waals surface area contributed by atoms with Crippen molar-refractivity contribution in [2.75, 3.05) is 6.54 Å². The third-order valence-corrected chi connectivity index (χ3v) is 4.22. The molecule has 2 unspecified atom stereocenters. The Bertz CT molecular complexity index is 893. The van der Waals surface area contributed by atoms with Crippen LogP contribution in [0.1, 0.15) is 65.6 Å². The molecule has 2 atom stereocenters. The van der Waals surface area contributed by atoms with Crippen LogP contribution in [0.4, 0.5) is 4.79 Å². The molecule has 176 valence electrons. The number of benzene rings is 1. The van der Waals surface area contributed by atoms with Gasteiger partial charge in [0.05, 0.1) is 6.07 Å². The molecule has 9 nitrogen and oxygen atoms in total. The predicted octanol–water partition coefficient (Wildman–Crippen LogP) is 2.92. The van der Waals surface area contributed by atoms with Crippen LogP contribution in [0.25, 0.3) is 0 Å². The molecule has 9 heteroatoms. The van der Waals surface area contributed by atoms with Gasteiger partial charge >= 0.3 is 6.09 Å². The molecule has 0 bridgehead atoms. The molecule has 3 N–H and O–H groups in total. The van der Waals surface area contributed by atoms with Crippen molar-refractivity contribution < 1.29 is 24.2 Å². The fourth-order valence-corrected chi connectivity index (χ4v) is 2.93. The van der Waals surface area contributed by atoms with Gasteiger partial charge in [-0.15, -0.1) is 0 Å². The molecule has 0 radical (unpaired) electrons. The summed E-state index contributed by atoms with van der Waals surface area (Å²) in [5.74, 6) is -1.07. The van der Waals surface area contributed by atoms with Crippen LogP contribution in [0, 0.1) is 18.3 Å². The van der Waals surface area contributed by atoms with Gasteiger partial charge in [-0.2, -0.15) is 5.26 Å². The van der Waals surface area contributed by atoms with Gasteiger partial charge in [0.2, 0.25) is 11.8 Å². The molecule has 0 aliphatic carbocycles. The molecule has 3 amide bonds. The van der Waals surface area contributed by atoms with Crippen LogP contribution in [0.2, 0.25) is 0 Å². The Morgan fingerprint density at radius 2 is 1.78 bits per heavy atom. The van der Waals surface area contributed by atoms with E-state index in [0.717, 1.165) is 4.90 Å². The highest BCUT2D eigenvalue weighted by atomic mass is 16.6. The molecule has 32 heavy (non-hydrogen) atoms. The van der Waals surface area contributed by atoms with Gasteiger partial charge in [-0.05, 0) is 78.6 Å². The van der Waals surface area contributed by atoms with E-state index < -0.39 is 41.1 Å². The van der Waals surface area contributed by atoms with Crippen molar-refractivity contribution in [3.8, 4) is 11.8 Å². The van der Waals surface area contributed by atoms with E-state index in [-0.39, 0.29) is 12.3 Å². The Labute approximate surface area is 189 Å². The van der Waals surface area contributed by atoms with Crippen LogP contribution < -0.4 is 10.6 Å². The van der Waals surface area contributed by atoms with Gasteiger partial charge in [0.25, 0.3) is 0 Å². The van der Waals surface area contributed by atoms with E-state index in [4.69, 9.17) is 4.74 Å². The standard InChI is InChI=1S/C23H34N4O5/c1-14-13-16(9-10-17(14)28)18(19(29)26-22(3,4)5)27(12-11-24)20(30)15(2)25-21(31)32-23(6,7)8/h9-10,13,15,18,28H,12H2,1-8H3,(H,25,31)(H,26,29). The van der Waals surface area contributed by atoms with Crippen LogP contribution in [-0.2, 0) is 14.3 Å². The predicted molar refractivity (Wildman–Crippen MR) is 120 cm³/mol. The average molecular weight is 447 g/mol. The van der Waals surface area contributed by atoms with Gasteiger partial charge in [0, 0.05) is 5.54 Å². The van der Waals surface area contributed by atoms with Gasteiger partial charge in [0.15, 0.2) is 0 Å². The quantitative estimate of drug-likeness (QED) is 0.576. The number of phenols is 1. The zero-order valence-corrected chi connectivity index (χ0v) is 20.1. The van der Waals surface area contributed by atoms with E-state index in [1.807, 2.05) is 6.07 Å². The zero-order valence-electron chi connectivity index (χ0n) is 20.1. The monoisotopic (exact) mass is 446 g/mol. The minimum absolute atomic E-state index is 0.0434. The molecule has 0 saturated heterocycles. The number of carbonyl (C=O) groups excluding carboxylic acids is 3. The van der Waals surface area contributed by atoms with Crippen LogP contribution >= 0.6 is 0 Å². The second-order valence-corrected chi connectivity index (χ2v) is 9.68. The minimum Gasteiger partial charge on any atom is -0.508 e. The second kappa shape index (κ2) is 10.4. The van der Waals surface area contributed by atoms with Crippen molar-refractivity contribution in [3.05, 3.63) is 29.3 Å². The number of nitrogens with one attached hydrogen (secondary N) is 2. The number of alkyl carbamates (subject to hydrolysis) is 1. The van der Waals surface area contributed by atoms with Gasteiger partial charge < -0.3 is 25.4 Å². The Morgan fingerprint density at radius 3 is 2.25 bits per heavy atom. The van der Waals surface area contributed by atoms with Gasteiger partial charge in [0.1, 0.15) is 30.0 Å². The lowest BCUT2D eigenvalue weighted by molar-refractivity contribution is -0.142. The smallest absolute Gasteiger partial charge is 0.408 e. The Kier molecular flexibility index (Phi) is 8.66. The highest BCUT2D eigenvalue weighted by Crippen LogP contribution is 2.27. The summed E-state index contributed by atoms with van der Waals surface area (Å²) in [4.78, 5) is 39.7. The fraction of sp³-hybridized carbons (Fsp3) is 0.565. The summed E-state index contributed by atoms with van der Waals surface area (Å²) in [7, 11) is 0. The summed E-state index contributed by atoms with van der Waals surface area (Å²) in [6.07, 6.45) is -0.786. The van der Waals surface area contributed by atoms with E-state index in [1.54, 1.807) is 54.5 Å². The second-order valence-electron chi connectivity index (χ2n) is 9.68. The molecule has 0 aliphatic rings. The van der Waals surface area contributed by atoms with Crippen LogP contribution in [0.15, 0.2) is 18.2 Å². The number of ether oxygens (including phenoxy) is 1. The largest absolute Gasteiger partial charge is 0.508 e. The lowest BCUT2D eigenvalue weighted by atomic mass is 9.99. The molecule has 1 aromatic rings. The Balaban J connectivity index is 3.35. The molecule has 0 aromatic heterocycles. The lowest BCUT2D eigenvalue weighted by Gasteiger charge is -2.34. The first-order valence-electron chi connectivity index (χ1n) is 10.3. The Hall–Kier alpha value is -3.28. The number of carbonyl (C=O) groups is 3.